The van der Waals surface area contributed by atoms with Crippen molar-refractivity contribution in [3.05, 3.63) is 70.6 Å². The quantitative estimate of drug-likeness (QED) is 0.307. The van der Waals surface area contributed by atoms with Crippen LogP contribution in [0.25, 0.3) is 16.6 Å². The molecular weight excluding hydrogens is 535 g/mol. The van der Waals surface area contributed by atoms with Gasteiger partial charge in [0, 0.05) is 46.0 Å². The van der Waals surface area contributed by atoms with Gasteiger partial charge in [0.1, 0.15) is 0 Å². The third kappa shape index (κ3) is 5.44. The normalized spacial score (nSPS) is 13.1. The van der Waals surface area contributed by atoms with Crippen LogP contribution in [0.15, 0.2) is 52.5 Å². The molecule has 0 atom stereocenters. The van der Waals surface area contributed by atoms with Gasteiger partial charge in [-0.3, -0.25) is 9.48 Å². The van der Waals surface area contributed by atoms with E-state index in [0.717, 1.165) is 30.3 Å². The fourth-order valence-electron chi connectivity index (χ4n) is 4.25. The zero-order valence-electron chi connectivity index (χ0n) is 20.7. The van der Waals surface area contributed by atoms with Gasteiger partial charge in [-0.1, -0.05) is 29.4 Å². The fraction of sp³-hybridized carbons (Fsp3) is 0.240. The minimum absolute atomic E-state index is 0. The predicted octanol–water partition coefficient (Wildman–Crippen LogP) is 3.47. The third-order valence-corrected chi connectivity index (χ3v) is 7.50. The van der Waals surface area contributed by atoms with E-state index in [1.165, 1.54) is 24.3 Å². The molecule has 0 radical (unpaired) electrons. The summed E-state index contributed by atoms with van der Waals surface area (Å²) in [6.07, 6.45) is 5.41. The SMILES string of the molecule is O=C(O)CCCn1cc(-n2c(C3CC3)c(Sc3cccc(C(=O)O)c3F)c3ccc(Cl)c(F)c32)cn1.[H-].[Na+]. The Morgan fingerprint density at radius 2 is 1.92 bits per heavy atom. The van der Waals surface area contributed by atoms with Gasteiger partial charge < -0.3 is 16.2 Å². The van der Waals surface area contributed by atoms with Crippen molar-refractivity contribution < 1.29 is 59.6 Å². The molecule has 1 aliphatic carbocycles. The number of fused-ring (bicyclic) bond motifs is 1. The van der Waals surface area contributed by atoms with Crippen LogP contribution in [0.4, 0.5) is 8.78 Å². The van der Waals surface area contributed by atoms with Crippen LogP contribution in [0.1, 0.15) is 49.1 Å². The van der Waals surface area contributed by atoms with Crippen molar-refractivity contribution in [2.24, 2.45) is 0 Å². The number of halogens is 3. The molecule has 188 valence electrons. The van der Waals surface area contributed by atoms with Crippen molar-refractivity contribution >= 4 is 46.2 Å². The number of aromatic nitrogens is 3. The van der Waals surface area contributed by atoms with Crippen LogP contribution in [0.5, 0.6) is 0 Å². The molecule has 0 bridgehead atoms. The summed E-state index contributed by atoms with van der Waals surface area (Å²) < 4.78 is 33.9. The number of aliphatic carboxylic acids is 1. The van der Waals surface area contributed by atoms with Gasteiger partial charge in [0.05, 0.1) is 28.0 Å². The summed E-state index contributed by atoms with van der Waals surface area (Å²) in [5, 5.41) is 23.0. The van der Waals surface area contributed by atoms with Crippen molar-refractivity contribution in [2.45, 2.75) is 47.9 Å². The van der Waals surface area contributed by atoms with E-state index < -0.39 is 29.1 Å². The summed E-state index contributed by atoms with van der Waals surface area (Å²) in [7, 11) is 0. The van der Waals surface area contributed by atoms with Crippen LogP contribution < -0.4 is 29.6 Å². The van der Waals surface area contributed by atoms with Gasteiger partial charge in [-0.15, -0.1) is 0 Å². The Morgan fingerprint density at radius 1 is 1.16 bits per heavy atom. The smallest absolute Gasteiger partial charge is 1.00 e. The number of aryl methyl sites for hydroxylation is 1. The average molecular weight is 556 g/mol. The standard InChI is InChI=1S/C25H20ClF2N3O4S.Na.H/c26-17-9-8-16-23(21(17)28)31(14-11-29-30(12-14)10-2-5-19(32)33)22(13-6-7-13)24(16)36-18-4-1-3-15(20(18)27)25(34)35;;/h1,3-4,8-9,11-13H,2,5-7,10H2,(H,32,33)(H,34,35);;/q;+1;-1. The van der Waals surface area contributed by atoms with E-state index in [1.807, 2.05) is 0 Å². The second-order valence-corrected chi connectivity index (χ2v) is 10.0. The maximum atomic E-state index is 15.5. The minimum Gasteiger partial charge on any atom is -1.00 e. The van der Waals surface area contributed by atoms with E-state index in [1.54, 1.807) is 27.7 Å². The Labute approximate surface area is 243 Å². The fourth-order valence-corrected chi connectivity index (χ4v) is 5.61. The molecule has 1 saturated carbocycles. The van der Waals surface area contributed by atoms with E-state index in [9.17, 15) is 14.7 Å². The van der Waals surface area contributed by atoms with E-state index in [4.69, 9.17) is 16.7 Å². The van der Waals surface area contributed by atoms with Gasteiger partial charge in [0.25, 0.3) is 0 Å². The average Bonchev–Trinajstić information content (AvgIpc) is 3.47. The van der Waals surface area contributed by atoms with Crippen molar-refractivity contribution in [3.63, 3.8) is 0 Å². The molecule has 0 saturated heterocycles. The van der Waals surface area contributed by atoms with E-state index >= 15 is 8.78 Å². The summed E-state index contributed by atoms with van der Waals surface area (Å²) in [4.78, 5) is 23.0. The molecule has 1 fully saturated rings. The maximum absolute atomic E-state index is 15.5. The molecule has 0 amide bonds. The summed E-state index contributed by atoms with van der Waals surface area (Å²) in [6, 6.07) is 7.30. The van der Waals surface area contributed by atoms with E-state index in [0.29, 0.717) is 28.9 Å². The van der Waals surface area contributed by atoms with Crippen molar-refractivity contribution in [2.75, 3.05) is 0 Å². The molecular formula is C25H21ClF2N3NaO4S. The summed E-state index contributed by atoms with van der Waals surface area (Å²) in [6.45, 7) is 0.377. The molecule has 12 heteroatoms. The van der Waals surface area contributed by atoms with Crippen LogP contribution in [0, 0.1) is 11.6 Å². The number of nitrogens with zero attached hydrogens (tertiary/aromatic N) is 3. The van der Waals surface area contributed by atoms with Gasteiger partial charge in [-0.05, 0) is 43.5 Å². The molecule has 7 nitrogen and oxygen atoms in total. The molecule has 37 heavy (non-hydrogen) atoms. The molecule has 0 spiro atoms. The number of carboxylic acids is 2. The van der Waals surface area contributed by atoms with Crippen LogP contribution >= 0.6 is 23.4 Å². The third-order valence-electron chi connectivity index (χ3n) is 6.04. The number of rotatable bonds is 9. The second-order valence-electron chi connectivity index (χ2n) is 8.57. The van der Waals surface area contributed by atoms with Crippen LogP contribution in [0.2, 0.25) is 5.02 Å². The predicted molar refractivity (Wildman–Crippen MR) is 131 cm³/mol. The van der Waals surface area contributed by atoms with Crippen LogP contribution in [-0.4, -0.2) is 36.5 Å². The Bertz CT molecular complexity index is 1530. The first-order valence-electron chi connectivity index (χ1n) is 11.2. The van der Waals surface area contributed by atoms with Crippen molar-refractivity contribution in [3.8, 4) is 5.69 Å². The monoisotopic (exact) mass is 555 g/mol. The van der Waals surface area contributed by atoms with Gasteiger partial charge in [-0.2, -0.15) is 5.10 Å². The second kappa shape index (κ2) is 11.2. The molecule has 2 heterocycles. The molecule has 2 N–H and O–H groups in total. The van der Waals surface area contributed by atoms with Crippen molar-refractivity contribution in [1.29, 1.82) is 0 Å². The Balaban J connectivity index is 0.00000200. The zero-order valence-corrected chi connectivity index (χ0v) is 23.3. The molecule has 2 aromatic carbocycles. The number of carbonyl (C=O) groups is 2. The molecule has 1 aliphatic rings. The van der Waals surface area contributed by atoms with E-state index in [-0.39, 0.29) is 58.8 Å². The largest absolute Gasteiger partial charge is 1.00 e. The summed E-state index contributed by atoms with van der Waals surface area (Å²) in [5.41, 5.74) is 1.15. The molecule has 0 aliphatic heterocycles. The Morgan fingerprint density at radius 3 is 2.59 bits per heavy atom. The number of hydrogen-bond acceptors (Lipinski definition) is 4. The van der Waals surface area contributed by atoms with Gasteiger partial charge >= 0.3 is 41.5 Å². The first kappa shape index (κ1) is 27.7. The zero-order chi connectivity index (χ0) is 25.6. The first-order valence-corrected chi connectivity index (χ1v) is 12.4. The topological polar surface area (TPSA) is 97.3 Å². The van der Waals surface area contributed by atoms with Gasteiger partial charge in [0.2, 0.25) is 0 Å². The minimum atomic E-state index is -1.37. The van der Waals surface area contributed by atoms with Crippen LogP contribution in [0.3, 0.4) is 0 Å². The number of carboxylic acid groups (broad SMARTS) is 2. The number of hydrogen-bond donors (Lipinski definition) is 2. The van der Waals surface area contributed by atoms with Crippen molar-refractivity contribution in [1.82, 2.24) is 14.3 Å². The number of aromatic carboxylic acids is 1. The number of benzene rings is 2. The summed E-state index contributed by atoms with van der Waals surface area (Å²) >= 11 is 7.21. The molecule has 0 unspecified atom stereocenters. The van der Waals surface area contributed by atoms with E-state index in [2.05, 4.69) is 5.10 Å². The summed E-state index contributed by atoms with van der Waals surface area (Å²) in [5.74, 6) is -3.64. The first-order chi connectivity index (χ1) is 17.3. The van der Waals surface area contributed by atoms with Gasteiger partial charge in [0.15, 0.2) is 11.6 Å². The molecule has 4 aromatic rings. The van der Waals surface area contributed by atoms with Gasteiger partial charge in [-0.25, -0.2) is 13.6 Å². The Kier molecular flexibility index (Phi) is 8.35. The van der Waals surface area contributed by atoms with Crippen LogP contribution in [-0.2, 0) is 11.3 Å². The Hall–Kier alpha value is -2.37. The maximum Gasteiger partial charge on any atom is 1.00 e. The molecule has 5 rings (SSSR count). The molecule has 2 aromatic heterocycles.